The van der Waals surface area contributed by atoms with Crippen molar-refractivity contribution in [2.45, 2.75) is 13.0 Å². The maximum Gasteiger partial charge on any atom is 0.265 e. The number of hydrogen-bond donors (Lipinski definition) is 1. The smallest absolute Gasteiger partial charge is 0.265 e. The van der Waals surface area contributed by atoms with Crippen LogP contribution in [0.5, 0.6) is 0 Å². The number of hydrogen-bond acceptors (Lipinski definition) is 2. The molecule has 0 aliphatic carbocycles. The Morgan fingerprint density at radius 2 is 2.25 bits per heavy atom. The van der Waals surface area contributed by atoms with E-state index in [1.165, 1.54) is 6.07 Å². The average Bonchev–Trinajstić information content (AvgIpc) is 2.04. The van der Waals surface area contributed by atoms with E-state index < -0.39 is 6.43 Å². The maximum atomic E-state index is 12.1. The molecule has 5 heteroatoms. The van der Waals surface area contributed by atoms with Crippen molar-refractivity contribution in [3.05, 3.63) is 27.1 Å². The number of halogens is 3. The van der Waals surface area contributed by atoms with Crippen LogP contribution in [0.15, 0.2) is 12.3 Å². The number of rotatable bonds is 2. The van der Waals surface area contributed by atoms with Gasteiger partial charge in [0.2, 0.25) is 0 Å². The molecule has 0 bridgehead atoms. The van der Waals surface area contributed by atoms with E-state index >= 15 is 0 Å². The summed E-state index contributed by atoms with van der Waals surface area (Å²) in [5.74, 6) is 0. The van der Waals surface area contributed by atoms with Gasteiger partial charge in [-0.1, -0.05) is 0 Å². The van der Waals surface area contributed by atoms with Gasteiger partial charge in [-0.15, -0.1) is 0 Å². The Bertz CT molecular complexity index is 280. The van der Waals surface area contributed by atoms with E-state index in [4.69, 9.17) is 5.11 Å². The molecule has 1 rings (SSSR count). The Morgan fingerprint density at radius 3 is 2.67 bits per heavy atom. The molecule has 0 aliphatic heterocycles. The summed E-state index contributed by atoms with van der Waals surface area (Å²) >= 11 is 1.86. The molecule has 1 aromatic heterocycles. The Labute approximate surface area is 81.8 Å². The summed E-state index contributed by atoms with van der Waals surface area (Å²) in [6.45, 7) is -0.220. The molecular weight excluding hydrogens is 279 g/mol. The molecule has 0 saturated heterocycles. The first-order valence-electron chi connectivity index (χ1n) is 3.18. The first-order chi connectivity index (χ1) is 5.65. The van der Waals surface area contributed by atoms with E-state index in [0.29, 0.717) is 9.26 Å². The van der Waals surface area contributed by atoms with Crippen molar-refractivity contribution in [3.63, 3.8) is 0 Å². The fourth-order valence-corrected chi connectivity index (χ4v) is 1.39. The summed E-state index contributed by atoms with van der Waals surface area (Å²) in [6, 6.07) is 1.32. The molecular formula is C7H6F2INO. The predicted octanol–water partition coefficient (Wildman–Crippen LogP) is 2.12. The van der Waals surface area contributed by atoms with E-state index in [0.717, 1.165) is 6.20 Å². The van der Waals surface area contributed by atoms with Crippen LogP contribution in [0, 0.1) is 3.57 Å². The second-order valence-electron chi connectivity index (χ2n) is 2.16. The maximum absolute atomic E-state index is 12.1. The van der Waals surface area contributed by atoms with Crippen molar-refractivity contribution in [1.29, 1.82) is 0 Å². The van der Waals surface area contributed by atoms with Crippen LogP contribution in [0.3, 0.4) is 0 Å². The van der Waals surface area contributed by atoms with E-state index in [9.17, 15) is 8.78 Å². The highest BCUT2D eigenvalue weighted by Crippen LogP contribution is 2.20. The number of aliphatic hydroxyl groups is 1. The van der Waals surface area contributed by atoms with Crippen molar-refractivity contribution < 1.29 is 13.9 Å². The molecule has 2 nitrogen and oxygen atoms in total. The van der Waals surface area contributed by atoms with Gasteiger partial charge in [-0.05, 0) is 28.7 Å². The van der Waals surface area contributed by atoms with Gasteiger partial charge in [0.05, 0.1) is 12.3 Å². The monoisotopic (exact) mass is 285 g/mol. The van der Waals surface area contributed by atoms with Crippen LogP contribution in [0.4, 0.5) is 8.78 Å². The quantitative estimate of drug-likeness (QED) is 0.844. The van der Waals surface area contributed by atoms with Gasteiger partial charge in [-0.2, -0.15) is 0 Å². The summed E-state index contributed by atoms with van der Waals surface area (Å²) in [6.07, 6.45) is -1.42. The third kappa shape index (κ3) is 2.10. The van der Waals surface area contributed by atoms with Crippen molar-refractivity contribution in [2.75, 3.05) is 0 Å². The van der Waals surface area contributed by atoms with Crippen LogP contribution in [-0.4, -0.2) is 10.1 Å². The Balaban J connectivity index is 3.02. The average molecular weight is 285 g/mol. The van der Waals surface area contributed by atoms with Crippen LogP contribution in [-0.2, 0) is 6.61 Å². The lowest BCUT2D eigenvalue weighted by atomic mass is 10.2. The van der Waals surface area contributed by atoms with Gasteiger partial charge in [-0.3, -0.25) is 4.98 Å². The van der Waals surface area contributed by atoms with E-state index in [1.807, 2.05) is 22.6 Å². The minimum atomic E-state index is -2.50. The third-order valence-corrected chi connectivity index (χ3v) is 2.27. The first kappa shape index (κ1) is 9.79. The van der Waals surface area contributed by atoms with E-state index in [1.54, 1.807) is 0 Å². The molecule has 0 spiro atoms. The second kappa shape index (κ2) is 4.08. The summed E-state index contributed by atoms with van der Waals surface area (Å²) in [5, 5.41) is 8.69. The highest BCUT2D eigenvalue weighted by atomic mass is 127. The van der Waals surface area contributed by atoms with E-state index in [2.05, 4.69) is 4.98 Å². The van der Waals surface area contributed by atoms with Crippen LogP contribution in [0.1, 0.15) is 17.7 Å². The molecule has 1 N–H and O–H groups in total. The van der Waals surface area contributed by atoms with Crippen LogP contribution < -0.4 is 0 Å². The fraction of sp³-hybridized carbons (Fsp3) is 0.286. The van der Waals surface area contributed by atoms with Gasteiger partial charge >= 0.3 is 0 Å². The van der Waals surface area contributed by atoms with Gasteiger partial charge < -0.3 is 5.11 Å². The largest absolute Gasteiger partial charge is 0.390 e. The number of pyridine rings is 1. The van der Waals surface area contributed by atoms with Gasteiger partial charge in [-0.25, -0.2) is 8.78 Å². The molecule has 0 aliphatic rings. The number of aliphatic hydroxyl groups excluding tert-OH is 1. The van der Waals surface area contributed by atoms with Gasteiger partial charge in [0.15, 0.2) is 0 Å². The van der Waals surface area contributed by atoms with Crippen LogP contribution >= 0.6 is 22.6 Å². The molecule has 0 aromatic carbocycles. The van der Waals surface area contributed by atoms with Crippen molar-refractivity contribution in [3.8, 4) is 0 Å². The zero-order valence-corrected chi connectivity index (χ0v) is 8.12. The summed E-state index contributed by atoms with van der Waals surface area (Å²) in [7, 11) is 0. The summed E-state index contributed by atoms with van der Waals surface area (Å²) in [5.41, 5.74) is 0.316. The standard InChI is InChI=1S/C7H6F2INO/c8-7(9)4-1-5(10)6(3-12)11-2-4/h1-2,7,12H,3H2. The highest BCUT2D eigenvalue weighted by molar-refractivity contribution is 14.1. The zero-order chi connectivity index (χ0) is 9.14. The molecule has 0 saturated carbocycles. The summed E-state index contributed by atoms with van der Waals surface area (Å²) in [4.78, 5) is 3.68. The molecule has 66 valence electrons. The van der Waals surface area contributed by atoms with Gasteiger partial charge in [0.25, 0.3) is 6.43 Å². The Morgan fingerprint density at radius 1 is 1.58 bits per heavy atom. The lowest BCUT2D eigenvalue weighted by Crippen LogP contribution is -1.96. The zero-order valence-electron chi connectivity index (χ0n) is 5.97. The van der Waals surface area contributed by atoms with Crippen molar-refractivity contribution in [1.82, 2.24) is 4.98 Å². The molecule has 0 amide bonds. The van der Waals surface area contributed by atoms with Crippen LogP contribution in [0.2, 0.25) is 0 Å². The summed E-state index contributed by atoms with van der Waals surface area (Å²) < 4.78 is 24.7. The third-order valence-electron chi connectivity index (χ3n) is 1.34. The SMILES string of the molecule is OCc1ncc(C(F)F)cc1I. The lowest BCUT2D eigenvalue weighted by molar-refractivity contribution is 0.150. The molecule has 12 heavy (non-hydrogen) atoms. The van der Waals surface area contributed by atoms with E-state index in [-0.39, 0.29) is 12.2 Å². The molecule has 1 aromatic rings. The number of aromatic nitrogens is 1. The van der Waals surface area contributed by atoms with Gasteiger partial charge in [0.1, 0.15) is 0 Å². The van der Waals surface area contributed by atoms with Crippen LogP contribution in [0.25, 0.3) is 0 Å². The predicted molar refractivity (Wildman–Crippen MR) is 47.8 cm³/mol. The molecule has 0 unspecified atom stereocenters. The second-order valence-corrected chi connectivity index (χ2v) is 3.32. The molecule has 0 atom stereocenters. The highest BCUT2D eigenvalue weighted by Gasteiger charge is 2.09. The molecule has 0 radical (unpaired) electrons. The normalized spacial score (nSPS) is 10.8. The van der Waals surface area contributed by atoms with Crippen molar-refractivity contribution in [2.24, 2.45) is 0 Å². The van der Waals surface area contributed by atoms with Crippen molar-refractivity contribution >= 4 is 22.6 Å². The fourth-order valence-electron chi connectivity index (χ4n) is 0.717. The Hall–Kier alpha value is -0.300. The number of alkyl halides is 2. The number of nitrogens with zero attached hydrogens (tertiary/aromatic N) is 1. The Kier molecular flexibility index (Phi) is 3.33. The van der Waals surface area contributed by atoms with Gasteiger partial charge in [0, 0.05) is 15.3 Å². The lowest BCUT2D eigenvalue weighted by Gasteiger charge is -2.02. The molecule has 1 heterocycles. The molecule has 0 fully saturated rings. The minimum absolute atomic E-state index is 0.114. The topological polar surface area (TPSA) is 33.1 Å². The minimum Gasteiger partial charge on any atom is -0.390 e. The first-order valence-corrected chi connectivity index (χ1v) is 4.26.